The van der Waals surface area contributed by atoms with Crippen molar-refractivity contribution in [2.75, 3.05) is 23.3 Å². The Labute approximate surface area is 193 Å². The van der Waals surface area contributed by atoms with Gasteiger partial charge in [-0.3, -0.25) is 4.79 Å². The fourth-order valence-corrected chi connectivity index (χ4v) is 3.67. The second kappa shape index (κ2) is 9.35. The first-order valence-corrected chi connectivity index (χ1v) is 10.4. The normalized spacial score (nSPS) is 13.1. The van der Waals surface area contributed by atoms with Gasteiger partial charge in [-0.15, -0.1) is 0 Å². The maximum Gasteiger partial charge on any atom is 0.405 e. The highest BCUT2D eigenvalue weighted by atomic mass is 19.4. The summed E-state index contributed by atoms with van der Waals surface area (Å²) >= 11 is 0. The molecule has 2 N–H and O–H groups in total. The van der Waals surface area contributed by atoms with Crippen LogP contribution in [-0.2, 0) is 13.0 Å². The largest absolute Gasteiger partial charge is 0.405 e. The number of nitrogens with one attached hydrogen (secondary N) is 2. The van der Waals surface area contributed by atoms with Crippen molar-refractivity contribution in [1.82, 2.24) is 20.3 Å². The molecule has 1 aliphatic rings. The van der Waals surface area contributed by atoms with Crippen LogP contribution in [0.15, 0.2) is 42.9 Å². The Balaban J connectivity index is 1.48. The number of pyridine rings is 1. The molecule has 3 heterocycles. The Kier molecular flexibility index (Phi) is 6.32. The maximum absolute atomic E-state index is 12.3. The van der Waals surface area contributed by atoms with Crippen LogP contribution < -0.4 is 15.5 Å². The summed E-state index contributed by atoms with van der Waals surface area (Å²) in [6.07, 6.45) is -1.22. The molecule has 34 heavy (non-hydrogen) atoms. The lowest BCUT2D eigenvalue weighted by Gasteiger charge is -2.31. The van der Waals surface area contributed by atoms with E-state index in [9.17, 15) is 23.2 Å². The molecule has 0 radical (unpaired) electrons. The van der Waals surface area contributed by atoms with E-state index in [2.05, 4.69) is 31.2 Å². The SMILES string of the molecule is Cc1ccc(C#N)c(N2CCc3c(ncnc3Nc3ccc(C(=O)NCC(F)(F)F)cn3)C2)c1. The van der Waals surface area contributed by atoms with Crippen LogP contribution in [0.1, 0.15) is 32.7 Å². The van der Waals surface area contributed by atoms with Crippen LogP contribution in [0.3, 0.4) is 0 Å². The first kappa shape index (κ1) is 23.0. The Morgan fingerprint density at radius 3 is 2.74 bits per heavy atom. The van der Waals surface area contributed by atoms with Gasteiger partial charge in [0.15, 0.2) is 0 Å². The minimum atomic E-state index is -4.48. The third-order valence-electron chi connectivity index (χ3n) is 5.34. The number of amides is 1. The van der Waals surface area contributed by atoms with Crippen LogP contribution in [0.4, 0.5) is 30.5 Å². The van der Waals surface area contributed by atoms with Gasteiger partial charge in [0.2, 0.25) is 0 Å². The highest BCUT2D eigenvalue weighted by molar-refractivity contribution is 5.94. The molecule has 1 amide bonds. The van der Waals surface area contributed by atoms with E-state index in [0.717, 1.165) is 22.5 Å². The molecule has 0 saturated heterocycles. The highest BCUT2D eigenvalue weighted by Gasteiger charge is 2.28. The number of hydrogen-bond donors (Lipinski definition) is 2. The maximum atomic E-state index is 12.3. The Morgan fingerprint density at radius 1 is 1.21 bits per heavy atom. The van der Waals surface area contributed by atoms with Crippen LogP contribution in [-0.4, -0.2) is 40.1 Å². The second-order valence-electron chi connectivity index (χ2n) is 7.81. The van der Waals surface area contributed by atoms with E-state index in [1.165, 1.54) is 24.7 Å². The molecule has 0 atom stereocenters. The van der Waals surface area contributed by atoms with Gasteiger partial charge < -0.3 is 15.5 Å². The summed E-state index contributed by atoms with van der Waals surface area (Å²) in [5.74, 6) is 0.0982. The summed E-state index contributed by atoms with van der Waals surface area (Å²) in [5, 5.41) is 14.4. The van der Waals surface area contributed by atoms with Crippen LogP contribution in [0.2, 0.25) is 0 Å². The highest BCUT2D eigenvalue weighted by Crippen LogP contribution is 2.30. The fraction of sp³-hybridized carbons (Fsp3) is 0.261. The number of rotatable bonds is 5. The lowest BCUT2D eigenvalue weighted by Crippen LogP contribution is -2.33. The van der Waals surface area contributed by atoms with E-state index >= 15 is 0 Å². The molecule has 3 aromatic rings. The zero-order chi connectivity index (χ0) is 24.3. The van der Waals surface area contributed by atoms with E-state index in [-0.39, 0.29) is 5.56 Å². The van der Waals surface area contributed by atoms with Gasteiger partial charge in [-0.2, -0.15) is 18.4 Å². The van der Waals surface area contributed by atoms with E-state index in [1.54, 1.807) is 0 Å². The molecule has 0 aliphatic carbocycles. The predicted molar refractivity (Wildman–Crippen MR) is 119 cm³/mol. The molecule has 0 unspecified atom stereocenters. The zero-order valence-electron chi connectivity index (χ0n) is 18.1. The number of halogens is 3. The van der Waals surface area contributed by atoms with Crippen LogP contribution in [0.5, 0.6) is 0 Å². The van der Waals surface area contributed by atoms with Gasteiger partial charge >= 0.3 is 6.18 Å². The molecule has 174 valence electrons. The molecule has 8 nitrogen and oxygen atoms in total. The molecule has 4 rings (SSSR count). The summed E-state index contributed by atoms with van der Waals surface area (Å²) in [7, 11) is 0. The topological polar surface area (TPSA) is 107 Å². The number of aromatic nitrogens is 3. The quantitative estimate of drug-likeness (QED) is 0.590. The number of benzene rings is 1. The Bertz CT molecular complexity index is 1250. The third-order valence-corrected chi connectivity index (χ3v) is 5.34. The van der Waals surface area contributed by atoms with Crippen molar-refractivity contribution in [3.63, 3.8) is 0 Å². The number of aryl methyl sites for hydroxylation is 1. The van der Waals surface area contributed by atoms with E-state index in [4.69, 9.17) is 0 Å². The van der Waals surface area contributed by atoms with Crippen molar-refractivity contribution in [3.05, 3.63) is 70.8 Å². The number of fused-ring (bicyclic) bond motifs is 1. The molecule has 0 bridgehead atoms. The first-order chi connectivity index (χ1) is 16.2. The second-order valence-corrected chi connectivity index (χ2v) is 7.81. The molecule has 1 aromatic carbocycles. The van der Waals surface area contributed by atoms with Crippen molar-refractivity contribution in [2.45, 2.75) is 26.1 Å². The molecule has 0 saturated carbocycles. The lowest BCUT2D eigenvalue weighted by atomic mass is 10.0. The number of alkyl halides is 3. The number of nitrogens with zero attached hydrogens (tertiary/aromatic N) is 5. The van der Waals surface area contributed by atoms with Crippen LogP contribution in [0.25, 0.3) is 0 Å². The van der Waals surface area contributed by atoms with Gasteiger partial charge in [0.05, 0.1) is 29.1 Å². The summed E-state index contributed by atoms with van der Waals surface area (Å²) in [4.78, 5) is 26.8. The molecule has 0 spiro atoms. The van der Waals surface area contributed by atoms with E-state index in [0.29, 0.717) is 36.7 Å². The van der Waals surface area contributed by atoms with Crippen molar-refractivity contribution in [3.8, 4) is 6.07 Å². The summed E-state index contributed by atoms with van der Waals surface area (Å²) < 4.78 is 36.8. The van der Waals surface area contributed by atoms with Gasteiger partial charge in [0.25, 0.3) is 5.91 Å². The van der Waals surface area contributed by atoms with Gasteiger partial charge in [0.1, 0.15) is 30.6 Å². The zero-order valence-corrected chi connectivity index (χ0v) is 18.1. The molecular weight excluding hydrogens is 447 g/mol. The summed E-state index contributed by atoms with van der Waals surface area (Å²) in [5.41, 5.74) is 4.27. The van der Waals surface area contributed by atoms with Gasteiger partial charge in [0, 0.05) is 18.3 Å². The summed E-state index contributed by atoms with van der Waals surface area (Å²) in [6.45, 7) is 1.74. The minimum absolute atomic E-state index is 0.0154. The van der Waals surface area contributed by atoms with Crippen molar-refractivity contribution in [1.29, 1.82) is 5.26 Å². The van der Waals surface area contributed by atoms with Crippen molar-refractivity contribution >= 4 is 23.2 Å². The number of carbonyl (C=O) groups is 1. The summed E-state index contributed by atoms with van der Waals surface area (Å²) in [6, 6.07) is 10.8. The van der Waals surface area contributed by atoms with Gasteiger partial charge in [-0.05, 0) is 43.2 Å². The third kappa shape index (κ3) is 5.23. The Hall–Kier alpha value is -4.20. The Morgan fingerprint density at radius 2 is 2.03 bits per heavy atom. The number of anilines is 3. The van der Waals surface area contributed by atoms with Crippen LogP contribution in [0, 0.1) is 18.3 Å². The first-order valence-electron chi connectivity index (χ1n) is 10.4. The van der Waals surface area contributed by atoms with E-state index < -0.39 is 18.6 Å². The molecular formula is C23H20F3N7O. The van der Waals surface area contributed by atoms with Gasteiger partial charge in [-0.25, -0.2) is 15.0 Å². The number of hydrogen-bond acceptors (Lipinski definition) is 7. The van der Waals surface area contributed by atoms with E-state index in [1.807, 2.05) is 30.4 Å². The standard InChI is InChI=1S/C23H20F3N7O/c1-14-2-3-15(9-27)19(8-14)33-7-6-17-18(11-33)30-13-31-21(17)32-20-5-4-16(10-28-20)22(34)29-12-23(24,25)26/h2-5,8,10,13H,6-7,11-12H2,1H3,(H,29,34)(H,28,30,31,32). The number of nitriles is 1. The fourth-order valence-electron chi connectivity index (χ4n) is 3.67. The smallest absolute Gasteiger partial charge is 0.364 e. The minimum Gasteiger partial charge on any atom is -0.364 e. The molecule has 0 fully saturated rings. The van der Waals surface area contributed by atoms with Crippen molar-refractivity contribution < 1.29 is 18.0 Å². The van der Waals surface area contributed by atoms with Crippen LogP contribution >= 0.6 is 0 Å². The lowest BCUT2D eigenvalue weighted by molar-refractivity contribution is -0.123. The average molecular weight is 467 g/mol. The van der Waals surface area contributed by atoms with Crippen molar-refractivity contribution in [2.24, 2.45) is 0 Å². The average Bonchev–Trinajstić information content (AvgIpc) is 2.82. The van der Waals surface area contributed by atoms with Gasteiger partial charge in [-0.1, -0.05) is 6.07 Å². The number of carbonyl (C=O) groups excluding carboxylic acids is 1. The molecule has 11 heteroatoms. The molecule has 1 aliphatic heterocycles. The molecule has 2 aromatic heterocycles. The monoisotopic (exact) mass is 467 g/mol. The predicted octanol–water partition coefficient (Wildman–Crippen LogP) is 3.65.